The summed E-state index contributed by atoms with van der Waals surface area (Å²) in [4.78, 5) is 2.03. The van der Waals surface area contributed by atoms with Crippen molar-refractivity contribution < 1.29 is 14.2 Å². The number of aliphatic hydroxyl groups excluding tert-OH is 1. The van der Waals surface area contributed by atoms with Crippen LogP contribution in [0.4, 0.5) is 10.1 Å². The van der Waals surface area contributed by atoms with Crippen LogP contribution in [0.1, 0.15) is 12.5 Å². The van der Waals surface area contributed by atoms with Crippen LogP contribution in [0.2, 0.25) is 0 Å². The van der Waals surface area contributed by atoms with E-state index < -0.39 is 0 Å². The van der Waals surface area contributed by atoms with Gasteiger partial charge in [-0.1, -0.05) is 0 Å². The molecule has 0 radical (unpaired) electrons. The van der Waals surface area contributed by atoms with Crippen molar-refractivity contribution in [2.24, 2.45) is 5.73 Å². The maximum absolute atomic E-state index is 13.5. The van der Waals surface area contributed by atoms with Crippen LogP contribution in [0.5, 0.6) is 0 Å². The molecule has 1 aromatic carbocycles. The summed E-state index contributed by atoms with van der Waals surface area (Å²) in [6.07, 6.45) is -0.209. The first-order valence-corrected chi connectivity index (χ1v) is 6.13. The Bertz CT molecular complexity index is 414. The van der Waals surface area contributed by atoms with Crippen molar-refractivity contribution in [1.82, 2.24) is 0 Å². The minimum atomic E-state index is -0.285. The van der Waals surface area contributed by atoms with Gasteiger partial charge >= 0.3 is 0 Å². The maximum atomic E-state index is 13.5. The maximum Gasteiger partial charge on any atom is 0.125 e. The predicted octanol–water partition coefficient (Wildman–Crippen LogP) is 0.870. The Morgan fingerprint density at radius 3 is 2.89 bits per heavy atom. The number of morpholine rings is 1. The van der Waals surface area contributed by atoms with Crippen LogP contribution < -0.4 is 10.6 Å². The van der Waals surface area contributed by atoms with Gasteiger partial charge in [0.25, 0.3) is 0 Å². The number of halogens is 1. The number of ether oxygens (including phenoxy) is 1. The van der Waals surface area contributed by atoms with Gasteiger partial charge in [0.05, 0.1) is 18.8 Å². The Hall–Kier alpha value is -1.17. The molecule has 0 bridgehead atoms. The van der Waals surface area contributed by atoms with Gasteiger partial charge in [0.2, 0.25) is 0 Å². The molecule has 0 saturated carbocycles. The van der Waals surface area contributed by atoms with Crippen molar-refractivity contribution in [2.45, 2.75) is 25.7 Å². The molecular formula is C13H19FN2O2. The van der Waals surface area contributed by atoms with Gasteiger partial charge in [-0.15, -0.1) is 0 Å². The summed E-state index contributed by atoms with van der Waals surface area (Å²) in [7, 11) is 0. The van der Waals surface area contributed by atoms with Gasteiger partial charge < -0.3 is 20.5 Å². The summed E-state index contributed by atoms with van der Waals surface area (Å²) in [5.74, 6) is -0.285. The summed E-state index contributed by atoms with van der Waals surface area (Å²) in [5.41, 5.74) is 7.11. The first kappa shape index (κ1) is 13.3. The Kier molecular flexibility index (Phi) is 4.16. The first-order chi connectivity index (χ1) is 8.62. The van der Waals surface area contributed by atoms with E-state index in [1.54, 1.807) is 0 Å². The van der Waals surface area contributed by atoms with Gasteiger partial charge in [0.15, 0.2) is 0 Å². The highest BCUT2D eigenvalue weighted by atomic mass is 19.1. The lowest BCUT2D eigenvalue weighted by Crippen LogP contribution is -2.48. The highest BCUT2D eigenvalue weighted by Gasteiger charge is 2.25. The van der Waals surface area contributed by atoms with Crippen LogP contribution >= 0.6 is 0 Å². The van der Waals surface area contributed by atoms with Gasteiger partial charge in [0.1, 0.15) is 5.82 Å². The predicted molar refractivity (Wildman–Crippen MR) is 67.9 cm³/mol. The highest BCUT2D eigenvalue weighted by Crippen LogP contribution is 2.22. The average molecular weight is 254 g/mol. The van der Waals surface area contributed by atoms with Crippen molar-refractivity contribution in [3.8, 4) is 0 Å². The molecule has 2 rings (SSSR count). The fraction of sp³-hybridized carbons (Fsp3) is 0.538. The summed E-state index contributed by atoms with van der Waals surface area (Å²) >= 11 is 0. The van der Waals surface area contributed by atoms with E-state index in [0.717, 1.165) is 11.3 Å². The Morgan fingerprint density at radius 1 is 1.44 bits per heavy atom. The number of nitrogens with zero attached hydrogens (tertiary/aromatic N) is 1. The zero-order valence-corrected chi connectivity index (χ0v) is 10.5. The molecule has 1 fully saturated rings. The number of aliphatic hydroxyl groups is 1. The molecule has 100 valence electrons. The smallest absolute Gasteiger partial charge is 0.125 e. The van der Waals surface area contributed by atoms with E-state index >= 15 is 0 Å². The molecular weight excluding hydrogens is 235 g/mol. The summed E-state index contributed by atoms with van der Waals surface area (Å²) in [6, 6.07) is 4.82. The Balaban J connectivity index is 2.21. The van der Waals surface area contributed by atoms with Gasteiger partial charge in [0, 0.05) is 25.3 Å². The van der Waals surface area contributed by atoms with E-state index in [0.29, 0.717) is 19.6 Å². The summed E-state index contributed by atoms with van der Waals surface area (Å²) < 4.78 is 19.0. The van der Waals surface area contributed by atoms with Crippen LogP contribution in [0, 0.1) is 5.82 Å². The third-order valence-corrected chi connectivity index (χ3v) is 3.07. The lowest BCUT2D eigenvalue weighted by Gasteiger charge is -2.37. The third kappa shape index (κ3) is 2.98. The van der Waals surface area contributed by atoms with Crippen LogP contribution in [0.3, 0.4) is 0 Å². The third-order valence-electron chi connectivity index (χ3n) is 3.07. The topological polar surface area (TPSA) is 58.7 Å². The molecule has 1 aliphatic heterocycles. The van der Waals surface area contributed by atoms with Gasteiger partial charge in [-0.05, 0) is 30.7 Å². The van der Waals surface area contributed by atoms with Gasteiger partial charge in [-0.3, -0.25) is 0 Å². The SMILES string of the molecule is CC1CN(c2cc(F)cc(CN)c2)CC(CO)O1. The number of rotatable bonds is 3. The molecule has 4 nitrogen and oxygen atoms in total. The molecule has 0 aromatic heterocycles. The second kappa shape index (κ2) is 5.65. The van der Waals surface area contributed by atoms with Gasteiger partial charge in [-0.2, -0.15) is 0 Å². The van der Waals surface area contributed by atoms with E-state index in [-0.39, 0.29) is 24.6 Å². The molecule has 0 spiro atoms. The molecule has 1 heterocycles. The lowest BCUT2D eigenvalue weighted by molar-refractivity contribution is -0.0421. The van der Waals surface area contributed by atoms with Crippen molar-refractivity contribution in [2.75, 3.05) is 24.6 Å². The lowest BCUT2D eigenvalue weighted by atomic mass is 10.1. The van der Waals surface area contributed by atoms with Crippen molar-refractivity contribution >= 4 is 5.69 Å². The summed E-state index contributed by atoms with van der Waals surface area (Å²) in [6.45, 7) is 3.48. The fourth-order valence-corrected chi connectivity index (χ4v) is 2.29. The largest absolute Gasteiger partial charge is 0.394 e. The Labute approximate surface area is 106 Å². The molecule has 1 saturated heterocycles. The molecule has 1 aliphatic rings. The molecule has 18 heavy (non-hydrogen) atoms. The van der Waals surface area contributed by atoms with E-state index in [1.165, 1.54) is 12.1 Å². The second-order valence-corrected chi connectivity index (χ2v) is 4.68. The van der Waals surface area contributed by atoms with E-state index in [4.69, 9.17) is 10.5 Å². The number of hydrogen-bond donors (Lipinski definition) is 2. The van der Waals surface area contributed by atoms with Crippen LogP contribution in [-0.4, -0.2) is 37.0 Å². The zero-order valence-electron chi connectivity index (χ0n) is 10.5. The van der Waals surface area contributed by atoms with E-state index in [9.17, 15) is 9.50 Å². The number of hydrogen-bond acceptors (Lipinski definition) is 4. The van der Waals surface area contributed by atoms with Crippen molar-refractivity contribution in [3.05, 3.63) is 29.6 Å². The van der Waals surface area contributed by atoms with Crippen LogP contribution in [-0.2, 0) is 11.3 Å². The first-order valence-electron chi connectivity index (χ1n) is 6.13. The number of nitrogens with two attached hydrogens (primary N) is 1. The molecule has 2 unspecified atom stereocenters. The van der Waals surface area contributed by atoms with Crippen molar-refractivity contribution in [3.63, 3.8) is 0 Å². The number of benzene rings is 1. The molecule has 5 heteroatoms. The molecule has 0 amide bonds. The quantitative estimate of drug-likeness (QED) is 0.840. The zero-order chi connectivity index (χ0) is 13.1. The monoisotopic (exact) mass is 254 g/mol. The van der Waals surface area contributed by atoms with Crippen LogP contribution in [0.25, 0.3) is 0 Å². The van der Waals surface area contributed by atoms with E-state index in [1.807, 2.05) is 17.9 Å². The number of anilines is 1. The molecule has 3 N–H and O–H groups in total. The van der Waals surface area contributed by atoms with Crippen molar-refractivity contribution in [1.29, 1.82) is 0 Å². The average Bonchev–Trinajstić information content (AvgIpc) is 2.37. The molecule has 2 atom stereocenters. The summed E-state index contributed by atoms with van der Waals surface area (Å²) in [5, 5.41) is 9.18. The minimum Gasteiger partial charge on any atom is -0.394 e. The highest BCUT2D eigenvalue weighted by molar-refractivity contribution is 5.49. The molecule has 0 aliphatic carbocycles. The standard InChI is InChI=1S/C13H19FN2O2/c1-9-6-16(7-13(8-17)18-9)12-3-10(5-15)2-11(14)4-12/h2-4,9,13,17H,5-8,15H2,1H3. The second-order valence-electron chi connectivity index (χ2n) is 4.68. The Morgan fingerprint density at radius 2 is 2.22 bits per heavy atom. The fourth-order valence-electron chi connectivity index (χ4n) is 2.29. The van der Waals surface area contributed by atoms with Gasteiger partial charge in [-0.25, -0.2) is 4.39 Å². The molecule has 1 aromatic rings. The normalized spacial score (nSPS) is 24.3. The van der Waals surface area contributed by atoms with Crippen LogP contribution in [0.15, 0.2) is 18.2 Å². The van der Waals surface area contributed by atoms with E-state index in [2.05, 4.69) is 0 Å². The minimum absolute atomic E-state index is 0.0143.